The number of hydrogen-bond acceptors (Lipinski definition) is 4. The largest absolute Gasteiger partial charge is 0.472 e. The van der Waals surface area contributed by atoms with Gasteiger partial charge in [0, 0.05) is 48.4 Å². The van der Waals surface area contributed by atoms with Gasteiger partial charge in [0.2, 0.25) is 0 Å². The summed E-state index contributed by atoms with van der Waals surface area (Å²) in [7, 11) is 0. The minimum Gasteiger partial charge on any atom is -0.472 e. The molecule has 0 unspecified atom stereocenters. The molecule has 5 nitrogen and oxygen atoms in total. The maximum absolute atomic E-state index is 5.11. The van der Waals surface area contributed by atoms with Crippen molar-refractivity contribution in [2.24, 2.45) is 0 Å². The first-order valence-corrected chi connectivity index (χ1v) is 8.16. The van der Waals surface area contributed by atoms with Gasteiger partial charge in [-0.1, -0.05) is 18.2 Å². The van der Waals surface area contributed by atoms with Gasteiger partial charge in [-0.25, -0.2) is 4.68 Å². The average molecular weight is 330 g/mol. The predicted octanol–water partition coefficient (Wildman–Crippen LogP) is 3.82. The molecule has 0 fully saturated rings. The van der Waals surface area contributed by atoms with Crippen LogP contribution in [0.15, 0.2) is 84.1 Å². The fraction of sp³-hybridized carbons (Fsp3) is 0.100. The molecule has 3 aromatic heterocycles. The molecule has 0 radical (unpaired) electrons. The Morgan fingerprint density at radius 2 is 1.80 bits per heavy atom. The molecule has 0 aliphatic rings. The van der Waals surface area contributed by atoms with Crippen LogP contribution in [0.4, 0.5) is 0 Å². The number of hydrogen-bond donors (Lipinski definition) is 1. The van der Waals surface area contributed by atoms with Crippen LogP contribution >= 0.6 is 0 Å². The highest BCUT2D eigenvalue weighted by atomic mass is 16.3. The van der Waals surface area contributed by atoms with E-state index in [9.17, 15) is 0 Å². The van der Waals surface area contributed by atoms with E-state index >= 15 is 0 Å². The molecule has 0 bridgehead atoms. The van der Waals surface area contributed by atoms with E-state index in [1.165, 1.54) is 0 Å². The lowest BCUT2D eigenvalue weighted by Crippen LogP contribution is -2.12. The van der Waals surface area contributed by atoms with Gasteiger partial charge in [-0.05, 0) is 30.3 Å². The molecule has 1 aromatic carbocycles. The molecule has 4 rings (SSSR count). The van der Waals surface area contributed by atoms with Crippen molar-refractivity contribution >= 4 is 0 Å². The van der Waals surface area contributed by atoms with Crippen LogP contribution in [0.2, 0.25) is 0 Å². The predicted molar refractivity (Wildman–Crippen MR) is 96.0 cm³/mol. The van der Waals surface area contributed by atoms with E-state index in [4.69, 9.17) is 9.52 Å². The molecule has 3 heterocycles. The number of aromatic nitrogens is 3. The quantitative estimate of drug-likeness (QED) is 0.584. The molecule has 0 aliphatic heterocycles. The van der Waals surface area contributed by atoms with Crippen LogP contribution in [0.25, 0.3) is 16.9 Å². The minimum atomic E-state index is 0.718. The maximum Gasteiger partial charge on any atom is 0.0973 e. The van der Waals surface area contributed by atoms with Gasteiger partial charge in [-0.2, -0.15) is 5.10 Å². The maximum atomic E-state index is 5.11. The van der Waals surface area contributed by atoms with Gasteiger partial charge < -0.3 is 9.73 Å². The minimum absolute atomic E-state index is 0.718. The van der Waals surface area contributed by atoms with Gasteiger partial charge in [-0.3, -0.25) is 4.98 Å². The number of nitrogens with zero attached hydrogens (tertiary/aromatic N) is 3. The molecule has 5 heteroatoms. The molecule has 0 atom stereocenters. The Balaban J connectivity index is 1.62. The lowest BCUT2D eigenvalue weighted by atomic mass is 10.1. The molecule has 124 valence electrons. The van der Waals surface area contributed by atoms with E-state index in [0.717, 1.165) is 41.2 Å². The Labute approximate surface area is 146 Å². The Kier molecular flexibility index (Phi) is 4.39. The van der Waals surface area contributed by atoms with Crippen molar-refractivity contribution in [3.05, 3.63) is 90.8 Å². The topological polar surface area (TPSA) is 55.9 Å². The molecule has 0 saturated carbocycles. The Hall–Kier alpha value is -3.18. The molecule has 0 spiro atoms. The number of furan rings is 1. The molecule has 0 aliphatic carbocycles. The van der Waals surface area contributed by atoms with Crippen LogP contribution in [0.3, 0.4) is 0 Å². The van der Waals surface area contributed by atoms with Crippen molar-refractivity contribution in [3.63, 3.8) is 0 Å². The van der Waals surface area contributed by atoms with Crippen LogP contribution in [-0.4, -0.2) is 14.8 Å². The molecule has 1 N–H and O–H groups in total. The van der Waals surface area contributed by atoms with E-state index < -0.39 is 0 Å². The summed E-state index contributed by atoms with van der Waals surface area (Å²) in [5.41, 5.74) is 5.33. The summed E-state index contributed by atoms with van der Waals surface area (Å²) in [5.74, 6) is 0. The number of rotatable bonds is 6. The van der Waals surface area contributed by atoms with E-state index in [1.807, 2.05) is 53.2 Å². The summed E-state index contributed by atoms with van der Waals surface area (Å²) >= 11 is 0. The summed E-state index contributed by atoms with van der Waals surface area (Å²) in [6, 6.07) is 16.1. The molecule has 0 saturated heterocycles. The first-order valence-electron chi connectivity index (χ1n) is 8.16. The second kappa shape index (κ2) is 7.15. The van der Waals surface area contributed by atoms with Gasteiger partial charge in [0.25, 0.3) is 0 Å². The standard InChI is InChI=1S/C20H18N4O/c1-2-4-19(5-3-1)24-14-18(13-22-12-16-8-11-25-15-16)20(23-24)17-6-9-21-10-7-17/h1-11,14-15,22H,12-13H2. The van der Waals surface area contributed by atoms with Crippen LogP contribution in [0.1, 0.15) is 11.1 Å². The second-order valence-electron chi connectivity index (χ2n) is 5.75. The highest BCUT2D eigenvalue weighted by Crippen LogP contribution is 2.23. The molecular formula is C20H18N4O. The van der Waals surface area contributed by atoms with Gasteiger partial charge >= 0.3 is 0 Å². The molecule has 25 heavy (non-hydrogen) atoms. The third-order valence-corrected chi connectivity index (χ3v) is 3.99. The smallest absolute Gasteiger partial charge is 0.0973 e. The molecule has 4 aromatic rings. The van der Waals surface area contributed by atoms with Gasteiger partial charge in [0.05, 0.1) is 23.9 Å². The zero-order chi connectivity index (χ0) is 16.9. The van der Waals surface area contributed by atoms with E-state index in [2.05, 4.69) is 16.5 Å². The Morgan fingerprint density at radius 1 is 0.960 bits per heavy atom. The van der Waals surface area contributed by atoms with Crippen molar-refractivity contribution in [2.45, 2.75) is 13.1 Å². The second-order valence-corrected chi connectivity index (χ2v) is 5.75. The number of para-hydroxylation sites is 1. The van der Waals surface area contributed by atoms with Crippen molar-refractivity contribution in [3.8, 4) is 16.9 Å². The fourth-order valence-corrected chi connectivity index (χ4v) is 2.74. The van der Waals surface area contributed by atoms with Crippen molar-refractivity contribution in [1.82, 2.24) is 20.1 Å². The highest BCUT2D eigenvalue weighted by molar-refractivity contribution is 5.62. The number of benzene rings is 1. The lowest BCUT2D eigenvalue weighted by Gasteiger charge is -2.03. The summed E-state index contributed by atoms with van der Waals surface area (Å²) in [5, 5.41) is 8.25. The van der Waals surface area contributed by atoms with Crippen LogP contribution in [0.5, 0.6) is 0 Å². The molecular weight excluding hydrogens is 312 g/mol. The average Bonchev–Trinajstić information content (AvgIpc) is 3.33. The molecule has 0 amide bonds. The van der Waals surface area contributed by atoms with Gasteiger partial charge in [0.1, 0.15) is 0 Å². The third-order valence-electron chi connectivity index (χ3n) is 3.99. The lowest BCUT2D eigenvalue weighted by molar-refractivity contribution is 0.560. The van der Waals surface area contributed by atoms with Gasteiger partial charge in [0.15, 0.2) is 0 Å². The monoisotopic (exact) mass is 330 g/mol. The summed E-state index contributed by atoms with van der Waals surface area (Å²) in [4.78, 5) is 4.10. The van der Waals surface area contributed by atoms with Crippen molar-refractivity contribution < 1.29 is 4.42 Å². The number of nitrogens with one attached hydrogen (secondary N) is 1. The van der Waals surface area contributed by atoms with Crippen LogP contribution in [-0.2, 0) is 13.1 Å². The summed E-state index contributed by atoms with van der Waals surface area (Å²) in [6.45, 7) is 1.47. The van der Waals surface area contributed by atoms with Crippen LogP contribution in [0, 0.1) is 0 Å². The normalized spacial score (nSPS) is 10.9. The van der Waals surface area contributed by atoms with E-state index in [-0.39, 0.29) is 0 Å². The van der Waals surface area contributed by atoms with Gasteiger partial charge in [-0.15, -0.1) is 0 Å². The van der Waals surface area contributed by atoms with E-state index in [0.29, 0.717) is 0 Å². The summed E-state index contributed by atoms with van der Waals surface area (Å²) < 4.78 is 7.03. The van der Waals surface area contributed by atoms with E-state index in [1.54, 1.807) is 24.9 Å². The Morgan fingerprint density at radius 3 is 2.56 bits per heavy atom. The first kappa shape index (κ1) is 15.4. The van der Waals surface area contributed by atoms with Crippen molar-refractivity contribution in [1.29, 1.82) is 0 Å². The first-order chi connectivity index (χ1) is 12.4. The zero-order valence-corrected chi connectivity index (χ0v) is 13.7. The Bertz CT molecular complexity index is 915. The zero-order valence-electron chi connectivity index (χ0n) is 13.7. The van der Waals surface area contributed by atoms with Crippen molar-refractivity contribution in [2.75, 3.05) is 0 Å². The fourth-order valence-electron chi connectivity index (χ4n) is 2.74. The SMILES string of the molecule is c1ccc(-n2cc(CNCc3ccoc3)c(-c3ccncc3)n2)cc1. The third kappa shape index (κ3) is 3.51. The highest BCUT2D eigenvalue weighted by Gasteiger charge is 2.12. The number of pyridine rings is 1. The van der Waals surface area contributed by atoms with Crippen LogP contribution < -0.4 is 5.32 Å². The summed E-state index contributed by atoms with van der Waals surface area (Å²) in [6.07, 6.45) is 9.10.